The van der Waals surface area contributed by atoms with Gasteiger partial charge in [-0.3, -0.25) is 14.4 Å². The zero-order chi connectivity index (χ0) is 57.8. The standard InChI is InChI=1S/C74H128O6/c1-4-7-10-13-16-19-22-24-26-28-29-30-31-32-33-34-35-36-37-38-39-40-41-42-43-44-45-47-48-50-52-55-58-61-64-67-73(76)79-70-71(69-78-72(75)66-63-60-57-54-21-18-15-12-9-6-3)80-74(77)68-65-62-59-56-53-51-49-46-27-25-23-20-17-14-11-8-5-2/h7-8,10-12,15-17,19-20,24-27,29-30,71H,4-6,9,13-14,18,21-23,28,31-70H2,1-3H3/b10-7-,11-8-,15-12-,19-16-,20-17-,26-24-,27-25-,30-29-. The Bertz CT molecular complexity index is 1560. The Kier molecular flexibility index (Phi) is 64.7. The average Bonchev–Trinajstić information content (AvgIpc) is 3.46. The van der Waals surface area contributed by atoms with Crippen molar-refractivity contribution >= 4 is 17.9 Å². The molecule has 0 spiro atoms. The lowest BCUT2D eigenvalue weighted by atomic mass is 10.0. The molecule has 0 aromatic heterocycles. The second-order valence-electron chi connectivity index (χ2n) is 22.7. The van der Waals surface area contributed by atoms with E-state index in [9.17, 15) is 14.4 Å². The minimum Gasteiger partial charge on any atom is -0.462 e. The van der Waals surface area contributed by atoms with Crippen molar-refractivity contribution < 1.29 is 28.6 Å². The van der Waals surface area contributed by atoms with E-state index in [1.807, 2.05) is 0 Å². The monoisotopic (exact) mass is 1110 g/mol. The highest BCUT2D eigenvalue weighted by Gasteiger charge is 2.19. The quantitative estimate of drug-likeness (QED) is 0.0261. The van der Waals surface area contributed by atoms with Crippen molar-refractivity contribution in [3.05, 3.63) is 97.2 Å². The van der Waals surface area contributed by atoms with Gasteiger partial charge in [0.15, 0.2) is 6.10 Å². The Morgan fingerprint density at radius 1 is 0.263 bits per heavy atom. The summed E-state index contributed by atoms with van der Waals surface area (Å²) < 4.78 is 16.9. The van der Waals surface area contributed by atoms with Gasteiger partial charge in [-0.05, 0) is 109 Å². The normalized spacial score (nSPS) is 12.7. The van der Waals surface area contributed by atoms with Gasteiger partial charge in [0.2, 0.25) is 0 Å². The first-order valence-electron chi connectivity index (χ1n) is 34.2. The molecule has 0 heterocycles. The molecule has 0 N–H and O–H groups in total. The van der Waals surface area contributed by atoms with E-state index in [2.05, 4.69) is 118 Å². The van der Waals surface area contributed by atoms with E-state index in [1.54, 1.807) is 0 Å². The molecule has 0 aliphatic rings. The van der Waals surface area contributed by atoms with E-state index in [0.717, 1.165) is 122 Å². The largest absolute Gasteiger partial charge is 0.462 e. The van der Waals surface area contributed by atoms with Crippen LogP contribution in [0.3, 0.4) is 0 Å². The highest BCUT2D eigenvalue weighted by molar-refractivity contribution is 5.71. The first-order chi connectivity index (χ1) is 39.5. The van der Waals surface area contributed by atoms with Crippen LogP contribution in [0.4, 0.5) is 0 Å². The van der Waals surface area contributed by atoms with Crippen molar-refractivity contribution in [3.63, 3.8) is 0 Å². The Morgan fingerprint density at radius 3 is 0.775 bits per heavy atom. The summed E-state index contributed by atoms with van der Waals surface area (Å²) in [7, 11) is 0. The van der Waals surface area contributed by atoms with Crippen LogP contribution in [-0.2, 0) is 28.6 Å². The Balaban J connectivity index is 4.05. The van der Waals surface area contributed by atoms with Gasteiger partial charge in [-0.25, -0.2) is 0 Å². The van der Waals surface area contributed by atoms with Crippen molar-refractivity contribution in [2.45, 2.75) is 341 Å². The number of carbonyl (C=O) groups excluding carboxylic acids is 3. The van der Waals surface area contributed by atoms with Crippen LogP contribution < -0.4 is 0 Å². The van der Waals surface area contributed by atoms with Gasteiger partial charge in [0.05, 0.1) is 0 Å². The summed E-state index contributed by atoms with van der Waals surface area (Å²) in [5.74, 6) is -0.889. The van der Waals surface area contributed by atoms with Gasteiger partial charge in [0.25, 0.3) is 0 Å². The number of allylic oxidation sites excluding steroid dienone is 16. The third kappa shape index (κ3) is 65.1. The number of rotatable bonds is 62. The van der Waals surface area contributed by atoms with Crippen LogP contribution in [0, 0.1) is 0 Å². The second kappa shape index (κ2) is 67.8. The minimum atomic E-state index is -0.784. The van der Waals surface area contributed by atoms with E-state index in [1.165, 1.54) is 173 Å². The van der Waals surface area contributed by atoms with Crippen molar-refractivity contribution in [2.75, 3.05) is 13.2 Å². The molecule has 0 saturated carbocycles. The fourth-order valence-corrected chi connectivity index (χ4v) is 9.75. The van der Waals surface area contributed by atoms with Crippen LogP contribution in [0.25, 0.3) is 0 Å². The summed E-state index contributed by atoms with van der Waals surface area (Å²) >= 11 is 0. The molecule has 0 amide bonds. The molecule has 0 bridgehead atoms. The molecule has 0 aromatic carbocycles. The molecule has 0 fully saturated rings. The molecule has 1 unspecified atom stereocenters. The lowest BCUT2D eigenvalue weighted by molar-refractivity contribution is -0.167. The van der Waals surface area contributed by atoms with Crippen LogP contribution >= 0.6 is 0 Å². The number of hydrogen-bond acceptors (Lipinski definition) is 6. The van der Waals surface area contributed by atoms with Crippen LogP contribution in [0.5, 0.6) is 0 Å². The van der Waals surface area contributed by atoms with Gasteiger partial charge in [-0.2, -0.15) is 0 Å². The molecule has 0 rings (SSSR count). The summed E-state index contributed by atoms with van der Waals surface area (Å²) in [6.07, 6.45) is 91.7. The maximum Gasteiger partial charge on any atom is 0.306 e. The Labute approximate surface area is 496 Å². The van der Waals surface area contributed by atoms with E-state index < -0.39 is 6.10 Å². The van der Waals surface area contributed by atoms with Gasteiger partial charge in [-0.1, -0.05) is 304 Å². The third-order valence-corrected chi connectivity index (χ3v) is 14.8. The highest BCUT2D eigenvalue weighted by atomic mass is 16.6. The molecular formula is C74H128O6. The van der Waals surface area contributed by atoms with E-state index >= 15 is 0 Å². The maximum absolute atomic E-state index is 12.9. The summed E-state index contributed by atoms with van der Waals surface area (Å²) in [6, 6.07) is 0. The van der Waals surface area contributed by atoms with Crippen LogP contribution in [0.15, 0.2) is 97.2 Å². The first-order valence-corrected chi connectivity index (χ1v) is 34.2. The van der Waals surface area contributed by atoms with Crippen molar-refractivity contribution in [2.24, 2.45) is 0 Å². The molecule has 0 saturated heterocycles. The molecule has 0 radical (unpaired) electrons. The molecule has 6 heteroatoms. The summed E-state index contributed by atoms with van der Waals surface area (Å²) in [5.41, 5.74) is 0. The zero-order valence-electron chi connectivity index (χ0n) is 52.8. The summed E-state index contributed by atoms with van der Waals surface area (Å²) in [5, 5.41) is 0. The van der Waals surface area contributed by atoms with Crippen LogP contribution in [-0.4, -0.2) is 37.2 Å². The van der Waals surface area contributed by atoms with Gasteiger partial charge < -0.3 is 14.2 Å². The van der Waals surface area contributed by atoms with E-state index in [0.29, 0.717) is 19.3 Å². The Hall–Kier alpha value is -3.67. The molecular weight excluding hydrogens is 985 g/mol. The van der Waals surface area contributed by atoms with Crippen molar-refractivity contribution in [1.29, 1.82) is 0 Å². The summed E-state index contributed by atoms with van der Waals surface area (Å²) in [4.78, 5) is 38.2. The molecule has 0 aliphatic heterocycles. The summed E-state index contributed by atoms with van der Waals surface area (Å²) in [6.45, 7) is 6.37. The van der Waals surface area contributed by atoms with E-state index in [-0.39, 0.29) is 31.1 Å². The van der Waals surface area contributed by atoms with Gasteiger partial charge in [-0.15, -0.1) is 0 Å². The minimum absolute atomic E-state index is 0.0804. The number of unbranched alkanes of at least 4 members (excludes halogenated alkanes) is 35. The Morgan fingerprint density at radius 2 is 0.487 bits per heavy atom. The van der Waals surface area contributed by atoms with Gasteiger partial charge >= 0.3 is 17.9 Å². The van der Waals surface area contributed by atoms with E-state index in [4.69, 9.17) is 14.2 Å². The topological polar surface area (TPSA) is 78.9 Å². The van der Waals surface area contributed by atoms with Crippen molar-refractivity contribution in [3.8, 4) is 0 Å². The fraction of sp³-hybridized carbons (Fsp3) is 0.743. The van der Waals surface area contributed by atoms with Gasteiger partial charge in [0, 0.05) is 19.3 Å². The molecule has 80 heavy (non-hydrogen) atoms. The predicted octanol–water partition coefficient (Wildman–Crippen LogP) is 23.6. The maximum atomic E-state index is 12.9. The number of esters is 3. The van der Waals surface area contributed by atoms with Crippen LogP contribution in [0.1, 0.15) is 335 Å². The molecule has 1 atom stereocenters. The smallest absolute Gasteiger partial charge is 0.306 e. The number of hydrogen-bond donors (Lipinski definition) is 0. The first kappa shape index (κ1) is 76.3. The number of ether oxygens (including phenoxy) is 3. The lowest BCUT2D eigenvalue weighted by Crippen LogP contribution is -2.30. The third-order valence-electron chi connectivity index (χ3n) is 14.8. The molecule has 0 aromatic rings. The average molecular weight is 1110 g/mol. The zero-order valence-corrected chi connectivity index (χ0v) is 52.8. The van der Waals surface area contributed by atoms with Gasteiger partial charge in [0.1, 0.15) is 13.2 Å². The lowest BCUT2D eigenvalue weighted by Gasteiger charge is -2.18. The second-order valence-corrected chi connectivity index (χ2v) is 22.7. The predicted molar refractivity (Wildman–Crippen MR) is 348 cm³/mol. The molecule has 460 valence electrons. The molecule has 0 aliphatic carbocycles. The van der Waals surface area contributed by atoms with Crippen LogP contribution in [0.2, 0.25) is 0 Å². The number of carbonyl (C=O) groups is 3. The van der Waals surface area contributed by atoms with Crippen molar-refractivity contribution in [1.82, 2.24) is 0 Å². The highest BCUT2D eigenvalue weighted by Crippen LogP contribution is 2.18. The fourth-order valence-electron chi connectivity index (χ4n) is 9.75. The SMILES string of the molecule is CC/C=C\C/C=C\C/C=C\C/C=C\CCCCCCCCCCCCCCCCCCCCCCCCC(=O)OCC(COC(=O)CCCCCCC/C=C\CCC)OC(=O)CCCCCCCCC/C=C\C/C=C\C/C=C\CC. The molecule has 6 nitrogen and oxygen atoms in total.